The summed E-state index contributed by atoms with van der Waals surface area (Å²) in [4.78, 5) is 25.5. The Bertz CT molecular complexity index is 743. The molecule has 3 rings (SSSR count). The third-order valence-electron chi connectivity index (χ3n) is 4.07. The number of carbonyl (C=O) groups excluding carboxylic acids is 2. The fourth-order valence-electron chi connectivity index (χ4n) is 2.82. The summed E-state index contributed by atoms with van der Waals surface area (Å²) < 4.78 is 13.1. The number of carbonyl (C=O) groups is 2. The van der Waals surface area contributed by atoms with Crippen molar-refractivity contribution < 1.29 is 14.0 Å². The fraction of sp³-hybridized carbons (Fsp3) is 0.263. The van der Waals surface area contributed by atoms with Crippen LogP contribution in [0, 0.1) is 5.82 Å². The Labute approximate surface area is 140 Å². The van der Waals surface area contributed by atoms with Crippen molar-refractivity contribution in [2.75, 3.05) is 16.8 Å². The fourth-order valence-corrected chi connectivity index (χ4v) is 2.82. The van der Waals surface area contributed by atoms with Gasteiger partial charge in [0, 0.05) is 30.8 Å². The molecule has 1 N–H and O–H groups in total. The standard InChI is InChI=1S/C19H19FN2O2/c20-15-4-1-3-14(13-15)6-11-18(23)21-16-7-9-17(10-8-16)22-12-2-5-19(22)24/h1,3-4,7-10,13H,2,5-6,11-12H2,(H,21,23). The molecular formula is C19H19FN2O2. The number of amides is 2. The maximum atomic E-state index is 13.1. The first-order valence-electron chi connectivity index (χ1n) is 8.06. The van der Waals surface area contributed by atoms with Gasteiger partial charge in [-0.25, -0.2) is 4.39 Å². The van der Waals surface area contributed by atoms with Gasteiger partial charge in [0.2, 0.25) is 11.8 Å². The Balaban J connectivity index is 1.53. The maximum absolute atomic E-state index is 13.1. The second-order valence-corrected chi connectivity index (χ2v) is 5.87. The van der Waals surface area contributed by atoms with Gasteiger partial charge in [-0.1, -0.05) is 12.1 Å². The molecule has 1 heterocycles. The Kier molecular flexibility index (Phi) is 4.89. The molecule has 0 spiro atoms. The summed E-state index contributed by atoms with van der Waals surface area (Å²) in [6, 6.07) is 13.5. The van der Waals surface area contributed by atoms with Crippen LogP contribution in [0.3, 0.4) is 0 Å². The van der Waals surface area contributed by atoms with E-state index in [2.05, 4.69) is 5.32 Å². The number of anilines is 2. The molecule has 24 heavy (non-hydrogen) atoms. The lowest BCUT2D eigenvalue weighted by Crippen LogP contribution is -2.23. The van der Waals surface area contributed by atoms with Crippen molar-refractivity contribution in [3.05, 3.63) is 59.9 Å². The van der Waals surface area contributed by atoms with E-state index in [0.29, 0.717) is 18.5 Å². The average molecular weight is 326 g/mol. The second-order valence-electron chi connectivity index (χ2n) is 5.87. The number of nitrogens with zero attached hydrogens (tertiary/aromatic N) is 1. The first-order chi connectivity index (χ1) is 11.6. The molecule has 0 aromatic heterocycles. The van der Waals surface area contributed by atoms with Gasteiger partial charge in [-0.2, -0.15) is 0 Å². The monoisotopic (exact) mass is 326 g/mol. The molecule has 1 aliphatic heterocycles. The molecule has 2 aromatic carbocycles. The SMILES string of the molecule is O=C(CCc1cccc(F)c1)Nc1ccc(N2CCCC2=O)cc1. The molecule has 2 amide bonds. The quantitative estimate of drug-likeness (QED) is 0.914. The van der Waals surface area contributed by atoms with E-state index in [4.69, 9.17) is 0 Å². The van der Waals surface area contributed by atoms with E-state index >= 15 is 0 Å². The molecule has 1 fully saturated rings. The Hall–Kier alpha value is -2.69. The molecule has 0 aliphatic carbocycles. The molecule has 124 valence electrons. The molecule has 1 saturated heterocycles. The summed E-state index contributed by atoms with van der Waals surface area (Å²) in [6.07, 6.45) is 2.26. The molecule has 5 heteroatoms. The van der Waals surface area contributed by atoms with E-state index in [1.165, 1.54) is 12.1 Å². The van der Waals surface area contributed by atoms with E-state index in [0.717, 1.165) is 24.2 Å². The average Bonchev–Trinajstić information content (AvgIpc) is 3.00. The molecule has 0 bridgehead atoms. The first-order valence-corrected chi connectivity index (χ1v) is 8.06. The molecule has 0 atom stereocenters. The molecular weight excluding hydrogens is 307 g/mol. The maximum Gasteiger partial charge on any atom is 0.227 e. The second kappa shape index (κ2) is 7.25. The lowest BCUT2D eigenvalue weighted by atomic mass is 10.1. The molecule has 1 aliphatic rings. The minimum absolute atomic E-state index is 0.121. The van der Waals surface area contributed by atoms with Crippen molar-refractivity contribution in [1.29, 1.82) is 0 Å². The van der Waals surface area contributed by atoms with Crippen LogP contribution in [0.2, 0.25) is 0 Å². The largest absolute Gasteiger partial charge is 0.326 e. The lowest BCUT2D eigenvalue weighted by Gasteiger charge is -2.16. The summed E-state index contributed by atoms with van der Waals surface area (Å²) in [7, 11) is 0. The van der Waals surface area contributed by atoms with E-state index < -0.39 is 0 Å². The number of benzene rings is 2. The van der Waals surface area contributed by atoms with Gasteiger partial charge in [-0.05, 0) is 54.8 Å². The zero-order valence-corrected chi connectivity index (χ0v) is 13.3. The van der Waals surface area contributed by atoms with Crippen LogP contribution in [0.15, 0.2) is 48.5 Å². The van der Waals surface area contributed by atoms with Crippen LogP contribution >= 0.6 is 0 Å². The van der Waals surface area contributed by atoms with Crippen molar-refractivity contribution >= 4 is 23.2 Å². The van der Waals surface area contributed by atoms with E-state index in [1.54, 1.807) is 29.2 Å². The minimum Gasteiger partial charge on any atom is -0.326 e. The van der Waals surface area contributed by atoms with Gasteiger partial charge < -0.3 is 10.2 Å². The number of aryl methyl sites for hydroxylation is 1. The van der Waals surface area contributed by atoms with E-state index in [-0.39, 0.29) is 24.1 Å². The van der Waals surface area contributed by atoms with Gasteiger partial charge in [-0.3, -0.25) is 9.59 Å². The highest BCUT2D eigenvalue weighted by molar-refractivity contribution is 5.96. The Morgan fingerprint density at radius 2 is 1.96 bits per heavy atom. The van der Waals surface area contributed by atoms with Gasteiger partial charge >= 0.3 is 0 Å². The van der Waals surface area contributed by atoms with E-state index in [9.17, 15) is 14.0 Å². The molecule has 0 unspecified atom stereocenters. The van der Waals surface area contributed by atoms with Crippen molar-refractivity contribution in [1.82, 2.24) is 0 Å². The van der Waals surface area contributed by atoms with Crippen LogP contribution < -0.4 is 10.2 Å². The number of hydrogen-bond acceptors (Lipinski definition) is 2. The smallest absolute Gasteiger partial charge is 0.227 e. The normalized spacial score (nSPS) is 14.0. The summed E-state index contributed by atoms with van der Waals surface area (Å²) in [5.74, 6) is -0.272. The third kappa shape index (κ3) is 3.98. The van der Waals surface area contributed by atoms with Crippen molar-refractivity contribution in [2.45, 2.75) is 25.7 Å². The third-order valence-corrected chi connectivity index (χ3v) is 4.07. The van der Waals surface area contributed by atoms with Crippen LogP contribution in [-0.4, -0.2) is 18.4 Å². The number of rotatable bonds is 5. The molecule has 2 aromatic rings. The Morgan fingerprint density at radius 1 is 1.17 bits per heavy atom. The first kappa shape index (κ1) is 16.2. The van der Waals surface area contributed by atoms with Crippen molar-refractivity contribution in [3.8, 4) is 0 Å². The van der Waals surface area contributed by atoms with Gasteiger partial charge in [0.1, 0.15) is 5.82 Å². The van der Waals surface area contributed by atoms with Crippen LogP contribution in [0.4, 0.5) is 15.8 Å². The zero-order chi connectivity index (χ0) is 16.9. The predicted molar refractivity (Wildman–Crippen MR) is 91.4 cm³/mol. The van der Waals surface area contributed by atoms with Crippen LogP contribution in [-0.2, 0) is 16.0 Å². The van der Waals surface area contributed by atoms with Gasteiger partial charge in [0.15, 0.2) is 0 Å². The van der Waals surface area contributed by atoms with Gasteiger partial charge in [0.25, 0.3) is 0 Å². The number of nitrogens with one attached hydrogen (secondary N) is 1. The number of hydrogen-bond donors (Lipinski definition) is 1. The predicted octanol–water partition coefficient (Wildman–Crippen LogP) is 3.52. The van der Waals surface area contributed by atoms with Crippen LogP contribution in [0.25, 0.3) is 0 Å². The topological polar surface area (TPSA) is 49.4 Å². The highest BCUT2D eigenvalue weighted by Gasteiger charge is 2.21. The number of halogens is 1. The zero-order valence-electron chi connectivity index (χ0n) is 13.3. The highest BCUT2D eigenvalue weighted by Crippen LogP contribution is 2.23. The molecule has 4 nitrogen and oxygen atoms in total. The summed E-state index contributed by atoms with van der Waals surface area (Å²) in [5.41, 5.74) is 2.35. The molecule has 0 saturated carbocycles. The van der Waals surface area contributed by atoms with Crippen LogP contribution in [0.5, 0.6) is 0 Å². The van der Waals surface area contributed by atoms with Crippen molar-refractivity contribution in [3.63, 3.8) is 0 Å². The Morgan fingerprint density at radius 3 is 2.62 bits per heavy atom. The highest BCUT2D eigenvalue weighted by atomic mass is 19.1. The summed E-state index contributed by atoms with van der Waals surface area (Å²) in [6.45, 7) is 0.748. The van der Waals surface area contributed by atoms with Gasteiger partial charge in [0.05, 0.1) is 0 Å². The summed E-state index contributed by atoms with van der Waals surface area (Å²) in [5, 5.41) is 2.82. The van der Waals surface area contributed by atoms with Crippen LogP contribution in [0.1, 0.15) is 24.8 Å². The molecule has 0 radical (unpaired) electrons. The lowest BCUT2D eigenvalue weighted by molar-refractivity contribution is -0.117. The van der Waals surface area contributed by atoms with Gasteiger partial charge in [-0.15, -0.1) is 0 Å². The van der Waals surface area contributed by atoms with E-state index in [1.807, 2.05) is 12.1 Å². The summed E-state index contributed by atoms with van der Waals surface area (Å²) >= 11 is 0. The van der Waals surface area contributed by atoms with Crippen molar-refractivity contribution in [2.24, 2.45) is 0 Å². The minimum atomic E-state index is -0.292.